The molecule has 1 aliphatic rings. The SMILES string of the molecule is CCOc1ccc(C(=O)NC(=S)Nc2ccc(N3CCN(C(=O)c4ccccc4C)CC3)cc2)cc1. The van der Waals surface area contributed by atoms with Gasteiger partial charge in [-0.05, 0) is 86.2 Å². The summed E-state index contributed by atoms with van der Waals surface area (Å²) in [5.41, 5.74) is 4.13. The lowest BCUT2D eigenvalue weighted by Crippen LogP contribution is -2.48. The minimum Gasteiger partial charge on any atom is -0.494 e. The van der Waals surface area contributed by atoms with Crippen molar-refractivity contribution in [1.29, 1.82) is 0 Å². The Morgan fingerprint density at radius 1 is 0.917 bits per heavy atom. The van der Waals surface area contributed by atoms with Gasteiger partial charge < -0.3 is 19.9 Å². The summed E-state index contributed by atoms with van der Waals surface area (Å²) >= 11 is 5.31. The van der Waals surface area contributed by atoms with E-state index in [0.29, 0.717) is 31.0 Å². The van der Waals surface area contributed by atoms with E-state index < -0.39 is 0 Å². The standard InChI is InChI=1S/C28H30N4O3S/c1-3-35-24-14-8-21(9-15-24)26(33)30-28(36)29-22-10-12-23(13-11-22)31-16-18-32(19-17-31)27(34)25-7-5-4-6-20(25)2/h4-15H,3,16-19H2,1-2H3,(H2,29,30,33,36). The Balaban J connectivity index is 1.27. The fourth-order valence-electron chi connectivity index (χ4n) is 4.11. The number of piperazine rings is 1. The zero-order valence-electron chi connectivity index (χ0n) is 20.5. The van der Waals surface area contributed by atoms with Gasteiger partial charge in [0.25, 0.3) is 11.8 Å². The van der Waals surface area contributed by atoms with Gasteiger partial charge in [0.2, 0.25) is 0 Å². The van der Waals surface area contributed by atoms with Gasteiger partial charge in [-0.25, -0.2) is 0 Å². The summed E-state index contributed by atoms with van der Waals surface area (Å²) in [6.07, 6.45) is 0. The van der Waals surface area contributed by atoms with Crippen LogP contribution in [0.5, 0.6) is 5.75 Å². The number of hydrogen-bond acceptors (Lipinski definition) is 5. The third kappa shape index (κ3) is 6.20. The van der Waals surface area contributed by atoms with Crippen molar-refractivity contribution in [2.75, 3.05) is 43.0 Å². The molecule has 1 heterocycles. The normalized spacial score (nSPS) is 13.2. The van der Waals surface area contributed by atoms with Crippen LogP contribution in [0.15, 0.2) is 72.8 Å². The summed E-state index contributed by atoms with van der Waals surface area (Å²) in [6, 6.07) is 22.5. The van der Waals surface area contributed by atoms with E-state index in [0.717, 1.165) is 35.6 Å². The molecule has 186 valence electrons. The third-order valence-corrected chi connectivity index (χ3v) is 6.29. The van der Waals surface area contributed by atoms with E-state index in [1.54, 1.807) is 24.3 Å². The van der Waals surface area contributed by atoms with Gasteiger partial charge in [0.15, 0.2) is 5.11 Å². The number of nitrogens with one attached hydrogen (secondary N) is 2. The molecular weight excluding hydrogens is 472 g/mol. The molecule has 0 atom stereocenters. The smallest absolute Gasteiger partial charge is 0.257 e. The first-order valence-corrected chi connectivity index (χ1v) is 12.4. The first kappa shape index (κ1) is 25.2. The van der Waals surface area contributed by atoms with E-state index in [9.17, 15) is 9.59 Å². The number of rotatable bonds is 6. The molecule has 0 aliphatic carbocycles. The van der Waals surface area contributed by atoms with E-state index in [4.69, 9.17) is 17.0 Å². The lowest BCUT2D eigenvalue weighted by Gasteiger charge is -2.36. The maximum Gasteiger partial charge on any atom is 0.257 e. The number of carbonyl (C=O) groups excluding carboxylic acids is 2. The Labute approximate surface area is 217 Å². The second kappa shape index (κ2) is 11.7. The van der Waals surface area contributed by atoms with Crippen molar-refractivity contribution >= 4 is 40.5 Å². The first-order valence-electron chi connectivity index (χ1n) is 12.0. The number of nitrogens with zero attached hydrogens (tertiary/aromatic N) is 2. The van der Waals surface area contributed by atoms with Crippen molar-refractivity contribution in [1.82, 2.24) is 10.2 Å². The van der Waals surface area contributed by atoms with Crippen LogP contribution in [0.3, 0.4) is 0 Å². The monoisotopic (exact) mass is 502 g/mol. The molecule has 7 nitrogen and oxygen atoms in total. The predicted octanol–water partition coefficient (Wildman–Crippen LogP) is 4.48. The van der Waals surface area contributed by atoms with Crippen LogP contribution >= 0.6 is 12.2 Å². The fraction of sp³-hybridized carbons (Fsp3) is 0.250. The number of benzene rings is 3. The van der Waals surface area contributed by atoms with Gasteiger partial charge in [0.05, 0.1) is 6.61 Å². The number of aryl methyl sites for hydroxylation is 1. The molecule has 36 heavy (non-hydrogen) atoms. The van der Waals surface area contributed by atoms with Crippen LogP contribution in [-0.4, -0.2) is 54.6 Å². The Hall–Kier alpha value is -3.91. The van der Waals surface area contributed by atoms with Crippen LogP contribution in [-0.2, 0) is 0 Å². The lowest BCUT2D eigenvalue weighted by molar-refractivity contribution is 0.0746. The molecule has 2 amide bonds. The van der Waals surface area contributed by atoms with Gasteiger partial charge >= 0.3 is 0 Å². The summed E-state index contributed by atoms with van der Waals surface area (Å²) in [7, 11) is 0. The third-order valence-electron chi connectivity index (χ3n) is 6.09. The molecule has 4 rings (SSSR count). The van der Waals surface area contributed by atoms with Crippen molar-refractivity contribution in [2.24, 2.45) is 0 Å². The number of ether oxygens (including phenoxy) is 1. The van der Waals surface area contributed by atoms with E-state index in [-0.39, 0.29) is 16.9 Å². The summed E-state index contributed by atoms with van der Waals surface area (Å²) < 4.78 is 5.40. The molecule has 0 bridgehead atoms. The van der Waals surface area contributed by atoms with Crippen molar-refractivity contribution in [3.8, 4) is 5.75 Å². The Bertz CT molecular complexity index is 1220. The fourth-order valence-corrected chi connectivity index (χ4v) is 4.32. The molecule has 0 saturated carbocycles. The van der Waals surface area contributed by atoms with Gasteiger partial charge in [-0.3, -0.25) is 14.9 Å². The van der Waals surface area contributed by atoms with Crippen LogP contribution in [0.1, 0.15) is 33.2 Å². The molecule has 0 spiro atoms. The van der Waals surface area contributed by atoms with Crippen LogP contribution in [0, 0.1) is 6.92 Å². The number of amides is 2. The summed E-state index contributed by atoms with van der Waals surface area (Å²) in [5, 5.41) is 5.98. The molecule has 0 unspecified atom stereocenters. The highest BCUT2D eigenvalue weighted by atomic mass is 32.1. The van der Waals surface area contributed by atoms with Crippen molar-refractivity contribution in [3.05, 3.63) is 89.5 Å². The Morgan fingerprint density at radius 3 is 2.22 bits per heavy atom. The van der Waals surface area contributed by atoms with Crippen molar-refractivity contribution < 1.29 is 14.3 Å². The topological polar surface area (TPSA) is 73.9 Å². The average molecular weight is 503 g/mol. The summed E-state index contributed by atoms with van der Waals surface area (Å²) in [5.74, 6) is 0.521. The number of hydrogen-bond donors (Lipinski definition) is 2. The second-order valence-corrected chi connectivity index (χ2v) is 8.91. The van der Waals surface area contributed by atoms with Crippen LogP contribution in [0.25, 0.3) is 0 Å². The van der Waals surface area contributed by atoms with Crippen LogP contribution in [0.2, 0.25) is 0 Å². The maximum atomic E-state index is 12.9. The molecular formula is C28H30N4O3S. The molecule has 1 fully saturated rings. The average Bonchev–Trinajstić information content (AvgIpc) is 2.90. The first-order chi connectivity index (χ1) is 17.4. The van der Waals surface area contributed by atoms with Crippen LogP contribution in [0.4, 0.5) is 11.4 Å². The number of thiocarbonyl (C=S) groups is 1. The molecule has 2 N–H and O–H groups in total. The molecule has 8 heteroatoms. The maximum absolute atomic E-state index is 12.9. The molecule has 1 saturated heterocycles. The highest BCUT2D eigenvalue weighted by molar-refractivity contribution is 7.80. The van der Waals surface area contributed by atoms with Crippen molar-refractivity contribution in [3.63, 3.8) is 0 Å². The van der Waals surface area contributed by atoms with Crippen LogP contribution < -0.4 is 20.3 Å². The van der Waals surface area contributed by atoms with E-state index >= 15 is 0 Å². The van der Waals surface area contributed by atoms with Gasteiger partial charge in [-0.1, -0.05) is 18.2 Å². The van der Waals surface area contributed by atoms with Crippen molar-refractivity contribution in [2.45, 2.75) is 13.8 Å². The summed E-state index contributed by atoms with van der Waals surface area (Å²) in [4.78, 5) is 29.5. The summed E-state index contributed by atoms with van der Waals surface area (Å²) in [6.45, 7) is 7.33. The largest absolute Gasteiger partial charge is 0.494 e. The van der Waals surface area contributed by atoms with Gasteiger partial charge in [-0.2, -0.15) is 0 Å². The lowest BCUT2D eigenvalue weighted by atomic mass is 10.1. The minimum absolute atomic E-state index is 0.0908. The van der Waals surface area contributed by atoms with Gasteiger partial charge in [0.1, 0.15) is 5.75 Å². The highest BCUT2D eigenvalue weighted by Gasteiger charge is 2.23. The zero-order chi connectivity index (χ0) is 25.5. The van der Waals surface area contributed by atoms with E-state index in [1.807, 2.05) is 67.3 Å². The molecule has 0 aromatic heterocycles. The Morgan fingerprint density at radius 2 is 1.58 bits per heavy atom. The van der Waals surface area contributed by atoms with E-state index in [2.05, 4.69) is 15.5 Å². The zero-order valence-corrected chi connectivity index (χ0v) is 21.3. The molecule has 3 aromatic rings. The molecule has 1 aliphatic heterocycles. The van der Waals surface area contributed by atoms with Gasteiger partial charge in [0, 0.05) is 48.7 Å². The molecule has 0 radical (unpaired) electrons. The number of carbonyl (C=O) groups is 2. The quantitative estimate of drug-likeness (QED) is 0.484. The Kier molecular flexibility index (Phi) is 8.17. The minimum atomic E-state index is -0.287. The second-order valence-electron chi connectivity index (χ2n) is 8.51. The van der Waals surface area contributed by atoms with E-state index in [1.165, 1.54) is 0 Å². The predicted molar refractivity (Wildman–Crippen MR) is 147 cm³/mol. The molecule has 3 aromatic carbocycles. The highest BCUT2D eigenvalue weighted by Crippen LogP contribution is 2.21. The van der Waals surface area contributed by atoms with Gasteiger partial charge in [-0.15, -0.1) is 0 Å². The number of anilines is 2.